The van der Waals surface area contributed by atoms with Gasteiger partial charge >= 0.3 is 11.9 Å². The number of rotatable bonds is 7. The van der Waals surface area contributed by atoms with Crippen LogP contribution in [0, 0.1) is 44.7 Å². The van der Waals surface area contributed by atoms with E-state index in [9.17, 15) is 29.3 Å². The van der Waals surface area contributed by atoms with Gasteiger partial charge in [0, 0.05) is 22.8 Å². The van der Waals surface area contributed by atoms with E-state index in [1.165, 1.54) is 29.3 Å². The van der Waals surface area contributed by atoms with E-state index in [0.717, 1.165) is 27.8 Å². The van der Waals surface area contributed by atoms with Gasteiger partial charge in [0.2, 0.25) is 0 Å². The van der Waals surface area contributed by atoms with E-state index in [2.05, 4.69) is 42.9 Å². The number of hydrazine groups is 1. The molecule has 0 fully saturated rings. The Bertz CT molecular complexity index is 2300. The summed E-state index contributed by atoms with van der Waals surface area (Å²) < 4.78 is 0. The number of hydrogen-bond donors (Lipinski definition) is 4. The molecule has 0 aromatic heterocycles. The lowest BCUT2D eigenvalue weighted by molar-refractivity contribution is -0.385. The Hall–Kier alpha value is -7.40. The van der Waals surface area contributed by atoms with Crippen molar-refractivity contribution in [1.82, 2.24) is 10.9 Å². The predicted octanol–water partition coefficient (Wildman–Crippen LogP) is 9.32. The van der Waals surface area contributed by atoms with Crippen LogP contribution in [0.4, 0.5) is 5.69 Å². The van der Waals surface area contributed by atoms with Gasteiger partial charge in [-0.1, -0.05) is 90.0 Å². The van der Waals surface area contributed by atoms with E-state index in [4.69, 9.17) is 10.2 Å². The molecule has 0 aliphatic heterocycles. The third-order valence-corrected chi connectivity index (χ3v) is 8.76. The van der Waals surface area contributed by atoms with E-state index < -0.39 is 16.9 Å². The fourth-order valence-electron chi connectivity index (χ4n) is 5.18. The Labute approximate surface area is 324 Å². The summed E-state index contributed by atoms with van der Waals surface area (Å²) in [5.41, 5.74) is 15.2. The maximum absolute atomic E-state index is 11.8. The summed E-state index contributed by atoms with van der Waals surface area (Å²) in [5, 5.41) is 28.5. The van der Waals surface area contributed by atoms with Crippen LogP contribution in [0.15, 0.2) is 133 Å². The minimum atomic E-state index is -0.999. The number of nitro benzene ring substituents is 1. The van der Waals surface area contributed by atoms with Crippen molar-refractivity contribution in [3.05, 3.63) is 194 Å². The Morgan fingerprint density at radius 3 is 1.14 bits per heavy atom. The number of hydrogen-bond acceptors (Lipinski definition) is 6. The van der Waals surface area contributed by atoms with Crippen LogP contribution in [0.5, 0.6) is 0 Å². The predicted molar refractivity (Wildman–Crippen MR) is 216 cm³/mol. The van der Waals surface area contributed by atoms with Gasteiger partial charge in [-0.05, 0) is 117 Å². The zero-order valence-corrected chi connectivity index (χ0v) is 31.5. The summed E-state index contributed by atoms with van der Waals surface area (Å²) in [7, 11) is 0. The van der Waals surface area contributed by atoms with Gasteiger partial charge in [0.25, 0.3) is 17.5 Å². The molecule has 2 amide bonds. The monoisotopic (exact) mass is 751 g/mol. The van der Waals surface area contributed by atoms with Gasteiger partial charge in [0.05, 0.1) is 16.1 Å². The molecule has 0 radical (unpaired) electrons. The van der Waals surface area contributed by atoms with E-state index >= 15 is 0 Å². The standard InChI is InChI=1S/C16H16N2O2.C15H14O2.C14H11NO4/c1-11-3-7-13(8-4-11)15(19)17-18-16(20)14-9-5-12(2)6-10-14;1-10-3-4-14(9-11(10)2)12-5-7-13(8-6-12)15(16)17;1-9-2-3-12(8-13(9)15(18)19)10-4-6-11(7-5-10)14(16)17/h3-10H,1-2H3,(H,17,19)(H,18,20);3-9H,1-2H3,(H,16,17);2-8H,1H3,(H,16,17). The van der Waals surface area contributed by atoms with Crippen LogP contribution in [0.3, 0.4) is 0 Å². The van der Waals surface area contributed by atoms with Crippen LogP contribution in [0.2, 0.25) is 0 Å². The Kier molecular flexibility index (Phi) is 14.1. The minimum Gasteiger partial charge on any atom is -0.478 e. The zero-order valence-electron chi connectivity index (χ0n) is 31.5. The molecule has 6 aromatic carbocycles. The number of nitrogens with zero attached hydrogens (tertiary/aromatic N) is 1. The van der Waals surface area contributed by atoms with Crippen LogP contribution in [-0.2, 0) is 0 Å². The smallest absolute Gasteiger partial charge is 0.335 e. The highest BCUT2D eigenvalue weighted by molar-refractivity contribution is 5.99. The number of benzene rings is 6. The van der Waals surface area contributed by atoms with Gasteiger partial charge in [0.15, 0.2) is 0 Å². The lowest BCUT2D eigenvalue weighted by Gasteiger charge is -2.07. The molecule has 11 nitrogen and oxygen atoms in total. The molecule has 6 aromatic rings. The molecule has 0 heterocycles. The second-order valence-corrected chi connectivity index (χ2v) is 13.0. The number of aromatic carboxylic acids is 2. The SMILES string of the molecule is Cc1ccc(-c2ccc(C(=O)O)cc2)cc1C.Cc1ccc(-c2ccc(C(=O)O)cc2)cc1[N+](=O)[O-].Cc1ccc(C(=O)NNC(=O)c2ccc(C)cc2)cc1. The maximum atomic E-state index is 11.8. The molecule has 0 aliphatic rings. The van der Waals surface area contributed by atoms with E-state index in [1.54, 1.807) is 67.6 Å². The maximum Gasteiger partial charge on any atom is 0.335 e. The highest BCUT2D eigenvalue weighted by Gasteiger charge is 2.13. The van der Waals surface area contributed by atoms with Gasteiger partial charge in [-0.15, -0.1) is 0 Å². The molecule has 0 saturated heterocycles. The number of carboxylic acids is 2. The largest absolute Gasteiger partial charge is 0.478 e. The van der Waals surface area contributed by atoms with Crippen LogP contribution in [0.1, 0.15) is 69.2 Å². The van der Waals surface area contributed by atoms with E-state index in [1.807, 2.05) is 50.2 Å². The third kappa shape index (κ3) is 11.5. The molecule has 0 aliphatic carbocycles. The molecule has 284 valence electrons. The van der Waals surface area contributed by atoms with E-state index in [-0.39, 0.29) is 23.1 Å². The molecule has 0 saturated carbocycles. The highest BCUT2D eigenvalue weighted by atomic mass is 16.6. The quantitative estimate of drug-likeness (QED) is 0.0921. The van der Waals surface area contributed by atoms with Gasteiger partial charge in [-0.2, -0.15) is 0 Å². The van der Waals surface area contributed by atoms with Crippen molar-refractivity contribution in [3.63, 3.8) is 0 Å². The van der Waals surface area contributed by atoms with Crippen LogP contribution >= 0.6 is 0 Å². The summed E-state index contributed by atoms with van der Waals surface area (Å²) in [5.74, 6) is -2.58. The molecule has 0 atom stereocenters. The van der Waals surface area contributed by atoms with Crippen molar-refractivity contribution in [3.8, 4) is 22.3 Å². The lowest BCUT2D eigenvalue weighted by atomic mass is 10.00. The topological polar surface area (TPSA) is 176 Å². The van der Waals surface area contributed by atoms with Crippen LogP contribution < -0.4 is 10.9 Å². The number of aryl methyl sites for hydroxylation is 5. The van der Waals surface area contributed by atoms with Crippen molar-refractivity contribution in [2.75, 3.05) is 0 Å². The summed E-state index contributed by atoms with van der Waals surface area (Å²) in [6.07, 6.45) is 0. The molecule has 4 N–H and O–H groups in total. The van der Waals surface area contributed by atoms with Crippen LogP contribution in [0.25, 0.3) is 22.3 Å². The summed E-state index contributed by atoms with van der Waals surface area (Å²) in [6, 6.07) is 38.6. The molecule has 11 heteroatoms. The lowest BCUT2D eigenvalue weighted by Crippen LogP contribution is -2.41. The van der Waals surface area contributed by atoms with Crippen LogP contribution in [-0.4, -0.2) is 38.9 Å². The minimum absolute atomic E-state index is 0.0554. The van der Waals surface area contributed by atoms with Gasteiger partial charge in [0.1, 0.15) is 0 Å². The van der Waals surface area contributed by atoms with Gasteiger partial charge in [-0.3, -0.25) is 30.6 Å². The van der Waals surface area contributed by atoms with Gasteiger partial charge < -0.3 is 10.2 Å². The molecule has 0 spiro atoms. The average Bonchev–Trinajstić information content (AvgIpc) is 3.19. The van der Waals surface area contributed by atoms with E-state index in [0.29, 0.717) is 27.8 Å². The summed E-state index contributed by atoms with van der Waals surface area (Å²) >= 11 is 0. The summed E-state index contributed by atoms with van der Waals surface area (Å²) in [4.78, 5) is 55.6. The molecule has 6 rings (SSSR count). The fraction of sp³-hybridized carbons (Fsp3) is 0.111. The van der Waals surface area contributed by atoms with Gasteiger partial charge in [-0.25, -0.2) is 9.59 Å². The number of carbonyl (C=O) groups is 4. The van der Waals surface area contributed by atoms with Crippen molar-refractivity contribution < 1.29 is 34.3 Å². The zero-order chi connectivity index (χ0) is 40.9. The number of carbonyl (C=O) groups excluding carboxylic acids is 2. The number of carboxylic acid groups (broad SMARTS) is 2. The average molecular weight is 752 g/mol. The molecule has 0 bridgehead atoms. The first kappa shape index (κ1) is 41.4. The highest BCUT2D eigenvalue weighted by Crippen LogP contribution is 2.27. The summed E-state index contributed by atoms with van der Waals surface area (Å²) in [6.45, 7) is 9.72. The van der Waals surface area contributed by atoms with Crippen molar-refractivity contribution >= 4 is 29.4 Å². The Balaban J connectivity index is 0.000000187. The number of nitro groups is 1. The van der Waals surface area contributed by atoms with Crippen molar-refractivity contribution in [2.24, 2.45) is 0 Å². The Morgan fingerprint density at radius 1 is 0.446 bits per heavy atom. The Morgan fingerprint density at radius 2 is 0.786 bits per heavy atom. The first-order valence-corrected chi connectivity index (χ1v) is 17.4. The van der Waals surface area contributed by atoms with Crippen molar-refractivity contribution in [1.29, 1.82) is 0 Å². The fourth-order valence-corrected chi connectivity index (χ4v) is 5.18. The van der Waals surface area contributed by atoms with Crippen molar-refractivity contribution in [2.45, 2.75) is 34.6 Å². The second-order valence-electron chi connectivity index (χ2n) is 13.0. The molecular weight excluding hydrogens is 711 g/mol. The molecular formula is C45H41N3O8. The molecule has 0 unspecified atom stereocenters. The normalized spacial score (nSPS) is 10.1. The number of nitrogens with one attached hydrogen (secondary N) is 2. The second kappa shape index (κ2) is 19.1. The number of amides is 2. The molecule has 56 heavy (non-hydrogen) atoms. The first-order valence-electron chi connectivity index (χ1n) is 17.4. The third-order valence-electron chi connectivity index (χ3n) is 8.76. The first-order chi connectivity index (χ1) is 26.6.